The Balaban J connectivity index is 1.05. The third-order valence-corrected chi connectivity index (χ3v) is 10.9. The van der Waals surface area contributed by atoms with Crippen molar-refractivity contribution in [2.45, 2.75) is 160 Å². The van der Waals surface area contributed by atoms with Crippen LogP contribution in [0.3, 0.4) is 0 Å². The molecule has 0 amide bonds. The fraction of sp³-hybridized carbons (Fsp3) is 0.886. The Morgan fingerprint density at radius 1 is 0.512 bits per heavy atom. The van der Waals surface area contributed by atoms with Gasteiger partial charge in [-0.1, -0.05) is 6.92 Å². The van der Waals surface area contributed by atoms with E-state index >= 15 is 0 Å². The Morgan fingerprint density at radius 3 is 1.16 bits per heavy atom. The predicted octanol–water partition coefficient (Wildman–Crippen LogP) is 6.89. The summed E-state index contributed by atoms with van der Waals surface area (Å²) in [5.74, 6) is 1.75. The highest BCUT2D eigenvalue weighted by Crippen LogP contribution is 2.41. The van der Waals surface area contributed by atoms with Crippen molar-refractivity contribution in [1.82, 2.24) is 0 Å². The third-order valence-electron chi connectivity index (χ3n) is 10.9. The topological polar surface area (TPSA) is 105 Å². The molecule has 244 valence electrons. The number of carbonyl (C=O) groups excluding carboxylic acids is 4. The van der Waals surface area contributed by atoms with Crippen molar-refractivity contribution < 1.29 is 38.1 Å². The zero-order valence-electron chi connectivity index (χ0n) is 26.9. The predicted molar refractivity (Wildman–Crippen MR) is 162 cm³/mol. The van der Waals surface area contributed by atoms with E-state index in [1.54, 1.807) is 6.92 Å². The van der Waals surface area contributed by atoms with E-state index in [0.29, 0.717) is 30.8 Å². The van der Waals surface area contributed by atoms with Crippen molar-refractivity contribution in [3.8, 4) is 0 Å². The number of esters is 3. The highest BCUT2D eigenvalue weighted by atomic mass is 16.6. The smallest absolute Gasteiger partial charge is 0.317 e. The lowest BCUT2D eigenvalue weighted by Crippen LogP contribution is -2.33. The molecule has 0 aromatic carbocycles. The van der Waals surface area contributed by atoms with Gasteiger partial charge < -0.3 is 23.7 Å². The molecule has 0 N–H and O–H groups in total. The van der Waals surface area contributed by atoms with Gasteiger partial charge in [-0.15, -0.1) is 0 Å². The Kier molecular flexibility index (Phi) is 13.4. The summed E-state index contributed by atoms with van der Waals surface area (Å²) >= 11 is 0. The van der Waals surface area contributed by atoms with Gasteiger partial charge in [-0.25, -0.2) is 0 Å². The van der Waals surface area contributed by atoms with Crippen molar-refractivity contribution in [2.75, 3.05) is 7.11 Å². The highest BCUT2D eigenvalue weighted by molar-refractivity contribution is 5.91. The Labute approximate surface area is 258 Å². The van der Waals surface area contributed by atoms with Crippen molar-refractivity contribution in [3.05, 3.63) is 0 Å². The second-order valence-electron chi connectivity index (χ2n) is 14.2. The minimum Gasteiger partial charge on any atom is -0.462 e. The van der Waals surface area contributed by atoms with Gasteiger partial charge in [0.25, 0.3) is 0 Å². The summed E-state index contributed by atoms with van der Waals surface area (Å²) in [4.78, 5) is 48.5. The number of methoxy groups -OCH3 is 1. The average Bonchev–Trinajstić information content (AvgIpc) is 2.98. The van der Waals surface area contributed by atoms with Crippen LogP contribution in [0.5, 0.6) is 0 Å². The van der Waals surface area contributed by atoms with Crippen molar-refractivity contribution >= 4 is 23.7 Å². The van der Waals surface area contributed by atoms with E-state index in [9.17, 15) is 19.2 Å². The first-order chi connectivity index (χ1) is 20.7. The Bertz CT molecular complexity index is 901. The molecule has 0 heterocycles. The number of ether oxygens (including phenoxy) is 4. The van der Waals surface area contributed by atoms with Gasteiger partial charge in [-0.2, -0.15) is 0 Å². The summed E-state index contributed by atoms with van der Waals surface area (Å²) in [7, 11) is 1.81. The number of rotatable bonds is 12. The summed E-state index contributed by atoms with van der Waals surface area (Å²) in [5.41, 5.74) is 0. The van der Waals surface area contributed by atoms with Gasteiger partial charge in [-0.3, -0.25) is 14.4 Å². The molecule has 4 rings (SSSR count). The van der Waals surface area contributed by atoms with Gasteiger partial charge in [0, 0.05) is 20.0 Å². The van der Waals surface area contributed by atoms with Crippen LogP contribution in [0.25, 0.3) is 0 Å². The average molecular weight is 605 g/mol. The van der Waals surface area contributed by atoms with Crippen LogP contribution in [0.2, 0.25) is 0 Å². The van der Waals surface area contributed by atoms with Gasteiger partial charge in [0.05, 0.1) is 6.10 Å². The number of hydrogen-bond acceptors (Lipinski definition) is 8. The van der Waals surface area contributed by atoms with E-state index in [1.807, 2.05) is 14.0 Å². The largest absolute Gasteiger partial charge is 0.462 e. The molecule has 0 aliphatic heterocycles. The van der Waals surface area contributed by atoms with Crippen LogP contribution >= 0.6 is 0 Å². The van der Waals surface area contributed by atoms with Gasteiger partial charge in [0.1, 0.15) is 30.5 Å². The fourth-order valence-electron chi connectivity index (χ4n) is 8.48. The maximum atomic E-state index is 12.5. The Morgan fingerprint density at radius 2 is 0.837 bits per heavy atom. The molecule has 0 aromatic rings. The number of ketones is 1. The van der Waals surface area contributed by atoms with Crippen LogP contribution in [0.4, 0.5) is 0 Å². The molecular weight excluding hydrogens is 548 g/mol. The molecule has 0 saturated heterocycles. The second-order valence-corrected chi connectivity index (χ2v) is 14.2. The maximum absolute atomic E-state index is 12.5. The number of Topliss-reactive ketones (excluding diaryl/α,β-unsaturated/α-hetero) is 1. The van der Waals surface area contributed by atoms with E-state index in [-0.39, 0.29) is 42.4 Å². The molecule has 0 radical (unpaired) electrons. The van der Waals surface area contributed by atoms with E-state index in [4.69, 9.17) is 18.9 Å². The van der Waals surface area contributed by atoms with Gasteiger partial charge in [0.15, 0.2) is 0 Å². The lowest BCUT2D eigenvalue weighted by atomic mass is 9.72. The van der Waals surface area contributed by atoms with Crippen molar-refractivity contribution in [1.29, 1.82) is 0 Å². The summed E-state index contributed by atoms with van der Waals surface area (Å²) in [6, 6.07) is 0. The quantitative estimate of drug-likeness (QED) is 0.135. The molecule has 4 aliphatic carbocycles. The molecule has 1 atom stereocenters. The fourth-order valence-corrected chi connectivity index (χ4v) is 8.48. The van der Waals surface area contributed by atoms with Gasteiger partial charge >= 0.3 is 17.9 Å². The lowest BCUT2D eigenvalue weighted by Gasteiger charge is -2.37. The maximum Gasteiger partial charge on any atom is 0.317 e. The summed E-state index contributed by atoms with van der Waals surface area (Å²) in [6.45, 7) is 3.47. The number of hydrogen-bond donors (Lipinski definition) is 0. The van der Waals surface area contributed by atoms with Gasteiger partial charge in [0.2, 0.25) is 0 Å². The van der Waals surface area contributed by atoms with Crippen LogP contribution in [0.1, 0.15) is 136 Å². The standard InChI is InChI=1S/C35H56O8/c1-23(20-24(2)36)21-33(37)41-30-14-6-27(7-15-30)28-10-18-32(19-11-28)43-35(39)22-34(38)42-31-16-8-26(9-17-31)25-4-12-29(40-3)13-5-25/h23,25-32H,4-22H2,1-3H3. The highest BCUT2D eigenvalue weighted by Gasteiger charge is 2.35. The van der Waals surface area contributed by atoms with Crippen LogP contribution < -0.4 is 0 Å². The summed E-state index contributed by atoms with van der Waals surface area (Å²) < 4.78 is 22.6. The van der Waals surface area contributed by atoms with Crippen LogP contribution in [0.15, 0.2) is 0 Å². The molecule has 0 spiro atoms. The first-order valence-electron chi connectivity index (χ1n) is 17.3. The molecule has 4 saturated carbocycles. The lowest BCUT2D eigenvalue weighted by molar-refractivity contribution is -0.163. The molecule has 0 bridgehead atoms. The minimum absolute atomic E-state index is 0.0125. The van der Waals surface area contributed by atoms with E-state index in [2.05, 4.69) is 0 Å². The van der Waals surface area contributed by atoms with E-state index in [0.717, 1.165) is 102 Å². The van der Waals surface area contributed by atoms with Crippen molar-refractivity contribution in [2.24, 2.45) is 29.6 Å². The molecule has 4 aliphatic rings. The molecule has 43 heavy (non-hydrogen) atoms. The first kappa shape index (κ1) is 33.9. The second kappa shape index (κ2) is 16.9. The van der Waals surface area contributed by atoms with Crippen LogP contribution in [-0.2, 0) is 38.1 Å². The zero-order chi connectivity index (χ0) is 30.8. The minimum atomic E-state index is -0.461. The monoisotopic (exact) mass is 604 g/mol. The summed E-state index contributed by atoms with van der Waals surface area (Å²) in [5, 5.41) is 0. The van der Waals surface area contributed by atoms with Crippen LogP contribution in [0, 0.1) is 29.6 Å². The number of carbonyl (C=O) groups is 4. The van der Waals surface area contributed by atoms with Crippen molar-refractivity contribution in [3.63, 3.8) is 0 Å². The Hall–Kier alpha value is -1.96. The molecular formula is C35H56O8. The zero-order valence-corrected chi connectivity index (χ0v) is 26.9. The molecule has 0 aromatic heterocycles. The molecule has 4 fully saturated rings. The van der Waals surface area contributed by atoms with E-state index < -0.39 is 11.9 Å². The molecule has 1 unspecified atom stereocenters. The summed E-state index contributed by atoms with van der Waals surface area (Å²) in [6.07, 6.45) is 17.1. The third kappa shape index (κ3) is 11.2. The molecule has 8 nitrogen and oxygen atoms in total. The molecule has 8 heteroatoms. The van der Waals surface area contributed by atoms with E-state index in [1.165, 1.54) is 12.8 Å². The van der Waals surface area contributed by atoms with Gasteiger partial charge in [-0.05, 0) is 139 Å². The van der Waals surface area contributed by atoms with Crippen LogP contribution in [-0.4, -0.2) is 55.2 Å². The first-order valence-corrected chi connectivity index (χ1v) is 17.3. The normalized spacial score (nSPS) is 34.0. The SMILES string of the molecule is COC1CCC(C2CCC(OC(=O)CC(=O)OC3CCC(C4CCC(OC(=O)CC(C)CC(C)=O)CC4)CC3)CC2)CC1.